The Morgan fingerprint density at radius 1 is 1.12 bits per heavy atom. The maximum atomic E-state index is 13.6. The lowest BCUT2D eigenvalue weighted by Crippen LogP contribution is -2.50. The third-order valence-electron chi connectivity index (χ3n) is 3.51. The van der Waals surface area contributed by atoms with Crippen molar-refractivity contribution in [1.29, 1.82) is 0 Å². The van der Waals surface area contributed by atoms with Crippen LogP contribution in [0.5, 0.6) is 11.5 Å². The molecule has 2 amide bonds. The fourth-order valence-corrected chi connectivity index (χ4v) is 2.45. The predicted octanol–water partition coefficient (Wildman–Crippen LogP) is 2.48. The molecule has 2 aromatic carbocycles. The standard InChI is InChI=1S/C18H14ClFN2O4/c19-12-4-3-5-13(20)11(12)8-9-17(23)21-22-18(24)16-10-25-14-6-1-2-7-15(14)26-16/h1-9,16H,10H2,(H,21,23)(H,22,24). The minimum absolute atomic E-state index is 0.0133. The van der Waals surface area contributed by atoms with Crippen LogP contribution in [0.2, 0.25) is 5.02 Å². The molecular formula is C18H14ClFN2O4. The Balaban J connectivity index is 1.53. The lowest BCUT2D eigenvalue weighted by Gasteiger charge is -2.25. The van der Waals surface area contributed by atoms with Crippen molar-refractivity contribution in [2.45, 2.75) is 6.10 Å². The molecule has 0 saturated carbocycles. The number of carbonyl (C=O) groups excluding carboxylic acids is 2. The van der Waals surface area contributed by atoms with E-state index in [1.54, 1.807) is 24.3 Å². The highest BCUT2D eigenvalue weighted by Crippen LogP contribution is 2.30. The van der Waals surface area contributed by atoms with Crippen LogP contribution in [-0.4, -0.2) is 24.5 Å². The van der Waals surface area contributed by atoms with Gasteiger partial charge in [0, 0.05) is 11.6 Å². The molecule has 1 atom stereocenters. The maximum Gasteiger partial charge on any atom is 0.283 e. The Labute approximate surface area is 153 Å². The molecule has 1 heterocycles. The van der Waals surface area contributed by atoms with Crippen LogP contribution >= 0.6 is 11.6 Å². The number of halogens is 2. The zero-order valence-electron chi connectivity index (χ0n) is 13.4. The number of hydrogen-bond donors (Lipinski definition) is 2. The molecule has 0 aliphatic carbocycles. The van der Waals surface area contributed by atoms with Crippen molar-refractivity contribution in [3.8, 4) is 11.5 Å². The van der Waals surface area contributed by atoms with E-state index in [-0.39, 0.29) is 17.2 Å². The number of benzene rings is 2. The molecule has 0 fully saturated rings. The maximum absolute atomic E-state index is 13.6. The average molecular weight is 377 g/mol. The number of nitrogens with one attached hydrogen (secondary N) is 2. The van der Waals surface area contributed by atoms with Crippen LogP contribution < -0.4 is 20.3 Å². The summed E-state index contributed by atoms with van der Waals surface area (Å²) in [6.45, 7) is 0.0133. The molecule has 0 spiro atoms. The van der Waals surface area contributed by atoms with Crippen LogP contribution in [0.25, 0.3) is 6.08 Å². The normalized spacial score (nSPS) is 15.5. The number of fused-ring (bicyclic) bond motifs is 1. The number of hydrazine groups is 1. The Kier molecular flexibility index (Phi) is 5.38. The summed E-state index contributed by atoms with van der Waals surface area (Å²) in [6, 6.07) is 11.1. The Hall–Kier alpha value is -3.06. The van der Waals surface area contributed by atoms with Crippen LogP contribution in [0.1, 0.15) is 5.56 Å². The summed E-state index contributed by atoms with van der Waals surface area (Å²) in [5, 5.41) is 0.171. The molecule has 2 N–H and O–H groups in total. The summed E-state index contributed by atoms with van der Waals surface area (Å²) in [6.07, 6.45) is 1.36. The van der Waals surface area contributed by atoms with Gasteiger partial charge >= 0.3 is 0 Å². The molecular weight excluding hydrogens is 363 g/mol. The van der Waals surface area contributed by atoms with Gasteiger partial charge in [-0.25, -0.2) is 4.39 Å². The zero-order valence-corrected chi connectivity index (χ0v) is 14.1. The first-order valence-corrected chi connectivity index (χ1v) is 8.03. The third kappa shape index (κ3) is 4.12. The minimum Gasteiger partial charge on any atom is -0.485 e. The quantitative estimate of drug-likeness (QED) is 0.637. The van der Waals surface area contributed by atoms with Gasteiger partial charge in [-0.1, -0.05) is 29.8 Å². The zero-order chi connectivity index (χ0) is 18.5. The van der Waals surface area contributed by atoms with Gasteiger partial charge in [-0.2, -0.15) is 0 Å². The summed E-state index contributed by atoms with van der Waals surface area (Å²) in [7, 11) is 0. The van der Waals surface area contributed by atoms with Crippen molar-refractivity contribution in [3.63, 3.8) is 0 Å². The van der Waals surface area contributed by atoms with Gasteiger partial charge in [0.05, 0.1) is 5.02 Å². The Morgan fingerprint density at radius 2 is 1.88 bits per heavy atom. The van der Waals surface area contributed by atoms with Gasteiger partial charge in [0.25, 0.3) is 11.8 Å². The van der Waals surface area contributed by atoms with Crippen LogP contribution in [-0.2, 0) is 9.59 Å². The minimum atomic E-state index is -0.907. The third-order valence-corrected chi connectivity index (χ3v) is 3.84. The molecule has 2 aromatic rings. The van der Waals surface area contributed by atoms with Crippen molar-refractivity contribution in [1.82, 2.24) is 10.9 Å². The highest BCUT2D eigenvalue weighted by Gasteiger charge is 2.27. The van der Waals surface area contributed by atoms with E-state index in [1.165, 1.54) is 24.3 Å². The second-order valence-electron chi connectivity index (χ2n) is 5.31. The van der Waals surface area contributed by atoms with E-state index in [0.717, 1.165) is 6.08 Å². The molecule has 3 rings (SSSR count). The molecule has 0 bridgehead atoms. The summed E-state index contributed by atoms with van der Waals surface area (Å²) >= 11 is 5.86. The summed E-state index contributed by atoms with van der Waals surface area (Å²) < 4.78 is 24.6. The summed E-state index contributed by atoms with van der Waals surface area (Å²) in [5.41, 5.74) is 4.49. The molecule has 26 heavy (non-hydrogen) atoms. The number of amides is 2. The van der Waals surface area contributed by atoms with E-state index in [0.29, 0.717) is 11.5 Å². The molecule has 1 aliphatic rings. The average Bonchev–Trinajstić information content (AvgIpc) is 2.65. The second-order valence-corrected chi connectivity index (χ2v) is 5.72. The van der Waals surface area contributed by atoms with Crippen molar-refractivity contribution in [2.75, 3.05) is 6.61 Å². The van der Waals surface area contributed by atoms with E-state index in [1.807, 2.05) is 0 Å². The van der Waals surface area contributed by atoms with Crippen molar-refractivity contribution < 1.29 is 23.5 Å². The summed E-state index contributed by atoms with van der Waals surface area (Å²) in [5.74, 6) is -0.804. The molecule has 134 valence electrons. The Morgan fingerprint density at radius 3 is 2.65 bits per heavy atom. The number of hydrogen-bond acceptors (Lipinski definition) is 4. The van der Waals surface area contributed by atoms with E-state index in [9.17, 15) is 14.0 Å². The molecule has 8 heteroatoms. The molecule has 0 aromatic heterocycles. The van der Waals surface area contributed by atoms with Crippen molar-refractivity contribution in [2.24, 2.45) is 0 Å². The van der Waals surface area contributed by atoms with Crippen molar-refractivity contribution in [3.05, 3.63) is 64.9 Å². The summed E-state index contributed by atoms with van der Waals surface area (Å²) in [4.78, 5) is 23.8. The van der Waals surface area contributed by atoms with Crippen LogP contribution in [0.3, 0.4) is 0 Å². The Bertz CT molecular complexity index is 852. The second kappa shape index (κ2) is 7.88. The van der Waals surface area contributed by atoms with Crippen LogP contribution in [0.15, 0.2) is 48.5 Å². The van der Waals surface area contributed by atoms with Gasteiger partial charge in [0.2, 0.25) is 6.10 Å². The van der Waals surface area contributed by atoms with E-state index < -0.39 is 23.7 Å². The van der Waals surface area contributed by atoms with E-state index in [2.05, 4.69) is 10.9 Å². The van der Waals surface area contributed by atoms with Gasteiger partial charge in [0.15, 0.2) is 11.5 Å². The lowest BCUT2D eigenvalue weighted by atomic mass is 10.2. The van der Waals surface area contributed by atoms with Crippen LogP contribution in [0.4, 0.5) is 4.39 Å². The van der Waals surface area contributed by atoms with Gasteiger partial charge < -0.3 is 9.47 Å². The number of para-hydroxylation sites is 2. The van der Waals surface area contributed by atoms with E-state index >= 15 is 0 Å². The largest absolute Gasteiger partial charge is 0.485 e. The molecule has 6 nitrogen and oxygen atoms in total. The predicted molar refractivity (Wildman–Crippen MR) is 93.1 cm³/mol. The highest BCUT2D eigenvalue weighted by molar-refractivity contribution is 6.32. The number of ether oxygens (including phenoxy) is 2. The monoisotopic (exact) mass is 376 g/mol. The van der Waals surface area contributed by atoms with Crippen LogP contribution in [0, 0.1) is 5.82 Å². The molecule has 0 radical (unpaired) electrons. The van der Waals surface area contributed by atoms with Gasteiger partial charge in [-0.3, -0.25) is 20.4 Å². The topological polar surface area (TPSA) is 76.7 Å². The molecule has 0 saturated heterocycles. The highest BCUT2D eigenvalue weighted by atomic mass is 35.5. The SMILES string of the molecule is O=C(C=Cc1c(F)cccc1Cl)NNC(=O)C1COc2ccccc2O1. The van der Waals surface area contributed by atoms with Gasteiger partial charge in [-0.05, 0) is 30.3 Å². The first-order valence-electron chi connectivity index (χ1n) is 7.65. The van der Waals surface area contributed by atoms with E-state index in [4.69, 9.17) is 21.1 Å². The lowest BCUT2D eigenvalue weighted by molar-refractivity contribution is -0.134. The smallest absolute Gasteiger partial charge is 0.283 e. The van der Waals surface area contributed by atoms with Gasteiger partial charge in [0.1, 0.15) is 12.4 Å². The molecule has 1 aliphatic heterocycles. The number of carbonyl (C=O) groups is 2. The number of rotatable bonds is 3. The fraction of sp³-hybridized carbons (Fsp3) is 0.111. The first-order chi connectivity index (χ1) is 12.5. The fourth-order valence-electron chi connectivity index (χ4n) is 2.22. The molecule has 1 unspecified atom stereocenters. The first kappa shape index (κ1) is 17.8. The van der Waals surface area contributed by atoms with Crippen molar-refractivity contribution >= 4 is 29.5 Å². The van der Waals surface area contributed by atoms with Gasteiger partial charge in [-0.15, -0.1) is 0 Å².